The lowest BCUT2D eigenvalue weighted by Gasteiger charge is -2.17. The van der Waals surface area contributed by atoms with Crippen LogP contribution in [-0.4, -0.2) is 23.4 Å². The molecule has 0 heterocycles. The fraction of sp³-hybridized carbons (Fsp3) is 0.455. The molecule has 0 saturated heterocycles. The normalized spacial score (nSPS) is 14.7. The standard InChI is InChI=1S/C11H15ClO3/c1-3-9(13)11(14)7-4-5-8(12)10(6-7)15-2/h4-6,9,11,13-14H,3H2,1-2H3. The third kappa shape index (κ3) is 2.84. The highest BCUT2D eigenvalue weighted by atomic mass is 35.5. The number of aliphatic hydroxyl groups is 2. The summed E-state index contributed by atoms with van der Waals surface area (Å²) in [6.07, 6.45) is -1.18. The molecular formula is C11H15ClO3. The Morgan fingerprint density at radius 2 is 2.07 bits per heavy atom. The Morgan fingerprint density at radius 3 is 2.60 bits per heavy atom. The van der Waals surface area contributed by atoms with E-state index in [9.17, 15) is 10.2 Å². The molecule has 0 bridgehead atoms. The molecule has 2 N–H and O–H groups in total. The Kier molecular flexibility index (Phi) is 4.39. The molecule has 0 aliphatic rings. The van der Waals surface area contributed by atoms with Crippen LogP contribution in [-0.2, 0) is 0 Å². The summed E-state index contributed by atoms with van der Waals surface area (Å²) in [4.78, 5) is 0. The van der Waals surface area contributed by atoms with E-state index in [2.05, 4.69) is 0 Å². The molecule has 0 fully saturated rings. The van der Waals surface area contributed by atoms with Crippen LogP contribution in [0.3, 0.4) is 0 Å². The summed E-state index contributed by atoms with van der Waals surface area (Å²) in [5.41, 5.74) is 0.602. The van der Waals surface area contributed by atoms with E-state index < -0.39 is 12.2 Å². The van der Waals surface area contributed by atoms with Gasteiger partial charge in [-0.05, 0) is 24.1 Å². The fourth-order valence-corrected chi connectivity index (χ4v) is 1.50. The van der Waals surface area contributed by atoms with Crippen LogP contribution >= 0.6 is 11.6 Å². The van der Waals surface area contributed by atoms with Crippen molar-refractivity contribution in [2.75, 3.05) is 7.11 Å². The molecule has 2 unspecified atom stereocenters. The van der Waals surface area contributed by atoms with Gasteiger partial charge in [0.15, 0.2) is 0 Å². The molecule has 1 aromatic rings. The van der Waals surface area contributed by atoms with Crippen molar-refractivity contribution in [3.8, 4) is 5.75 Å². The molecule has 15 heavy (non-hydrogen) atoms. The lowest BCUT2D eigenvalue weighted by molar-refractivity contribution is 0.0164. The number of rotatable bonds is 4. The van der Waals surface area contributed by atoms with E-state index in [1.807, 2.05) is 0 Å². The highest BCUT2D eigenvalue weighted by Crippen LogP contribution is 2.29. The molecule has 0 aliphatic carbocycles. The molecule has 0 spiro atoms. The molecular weight excluding hydrogens is 216 g/mol. The maximum atomic E-state index is 9.75. The second kappa shape index (κ2) is 5.35. The first-order valence-corrected chi connectivity index (χ1v) is 5.17. The van der Waals surface area contributed by atoms with E-state index in [1.165, 1.54) is 7.11 Å². The molecule has 1 aromatic carbocycles. The third-order valence-electron chi connectivity index (χ3n) is 2.30. The smallest absolute Gasteiger partial charge is 0.137 e. The molecule has 0 aromatic heterocycles. The van der Waals surface area contributed by atoms with Gasteiger partial charge in [0.2, 0.25) is 0 Å². The summed E-state index contributed by atoms with van der Waals surface area (Å²) in [5, 5.41) is 19.7. The Labute approximate surface area is 94.3 Å². The lowest BCUT2D eigenvalue weighted by atomic mass is 10.0. The third-order valence-corrected chi connectivity index (χ3v) is 2.61. The minimum Gasteiger partial charge on any atom is -0.495 e. The van der Waals surface area contributed by atoms with Crippen LogP contribution in [0.2, 0.25) is 5.02 Å². The van der Waals surface area contributed by atoms with Crippen molar-refractivity contribution < 1.29 is 14.9 Å². The van der Waals surface area contributed by atoms with Crippen molar-refractivity contribution in [1.82, 2.24) is 0 Å². The zero-order valence-electron chi connectivity index (χ0n) is 8.77. The fourth-order valence-electron chi connectivity index (χ4n) is 1.31. The highest BCUT2D eigenvalue weighted by Gasteiger charge is 2.17. The molecule has 1 rings (SSSR count). The van der Waals surface area contributed by atoms with Crippen LogP contribution in [0.25, 0.3) is 0 Å². The van der Waals surface area contributed by atoms with Gasteiger partial charge in [-0.2, -0.15) is 0 Å². The van der Waals surface area contributed by atoms with Crippen LogP contribution in [0.5, 0.6) is 5.75 Å². The first kappa shape index (κ1) is 12.3. The van der Waals surface area contributed by atoms with E-state index in [-0.39, 0.29) is 0 Å². The molecule has 0 amide bonds. The summed E-state index contributed by atoms with van der Waals surface area (Å²) < 4.78 is 5.02. The molecule has 0 saturated carbocycles. The quantitative estimate of drug-likeness (QED) is 0.834. The maximum Gasteiger partial charge on any atom is 0.137 e. The second-order valence-corrected chi connectivity index (χ2v) is 3.72. The number of hydrogen-bond donors (Lipinski definition) is 2. The first-order chi connectivity index (χ1) is 7.10. The molecule has 0 radical (unpaired) electrons. The minimum atomic E-state index is -0.902. The number of aliphatic hydroxyl groups excluding tert-OH is 2. The van der Waals surface area contributed by atoms with Crippen molar-refractivity contribution in [3.63, 3.8) is 0 Å². The van der Waals surface area contributed by atoms with E-state index in [0.29, 0.717) is 22.8 Å². The zero-order valence-corrected chi connectivity index (χ0v) is 9.53. The van der Waals surface area contributed by atoms with Gasteiger partial charge >= 0.3 is 0 Å². The predicted octanol–water partition coefficient (Wildman–Crippen LogP) is 2.15. The predicted molar refractivity (Wildman–Crippen MR) is 59.3 cm³/mol. The Balaban J connectivity index is 2.95. The van der Waals surface area contributed by atoms with E-state index in [4.69, 9.17) is 16.3 Å². The van der Waals surface area contributed by atoms with Gasteiger partial charge in [-0.1, -0.05) is 24.6 Å². The number of hydrogen-bond acceptors (Lipinski definition) is 3. The van der Waals surface area contributed by atoms with Crippen molar-refractivity contribution in [1.29, 1.82) is 0 Å². The van der Waals surface area contributed by atoms with Crippen molar-refractivity contribution in [3.05, 3.63) is 28.8 Å². The first-order valence-electron chi connectivity index (χ1n) is 4.79. The van der Waals surface area contributed by atoms with Gasteiger partial charge in [0.05, 0.1) is 18.2 Å². The van der Waals surface area contributed by atoms with Gasteiger partial charge in [-0.15, -0.1) is 0 Å². The minimum absolute atomic E-state index is 0.486. The average Bonchev–Trinajstić information content (AvgIpc) is 2.27. The van der Waals surface area contributed by atoms with Crippen molar-refractivity contribution >= 4 is 11.6 Å². The summed E-state index contributed by atoms with van der Waals surface area (Å²) in [6.45, 7) is 1.81. The van der Waals surface area contributed by atoms with Gasteiger partial charge in [0.25, 0.3) is 0 Å². The Morgan fingerprint density at radius 1 is 1.40 bits per heavy atom. The summed E-state index contributed by atoms with van der Waals surface area (Å²) >= 11 is 5.85. The molecule has 2 atom stereocenters. The Bertz CT molecular complexity index is 328. The molecule has 0 aliphatic heterocycles. The van der Waals surface area contributed by atoms with E-state index in [0.717, 1.165) is 0 Å². The largest absolute Gasteiger partial charge is 0.495 e. The molecule has 3 nitrogen and oxygen atoms in total. The van der Waals surface area contributed by atoms with E-state index >= 15 is 0 Å². The average molecular weight is 231 g/mol. The number of halogens is 1. The SMILES string of the molecule is CCC(O)C(O)c1ccc(Cl)c(OC)c1. The summed E-state index contributed by atoms with van der Waals surface area (Å²) in [5.74, 6) is 0.497. The lowest BCUT2D eigenvalue weighted by Crippen LogP contribution is -2.16. The van der Waals surface area contributed by atoms with E-state index in [1.54, 1.807) is 25.1 Å². The maximum absolute atomic E-state index is 9.75. The molecule has 4 heteroatoms. The Hall–Kier alpha value is -0.770. The monoisotopic (exact) mass is 230 g/mol. The van der Waals surface area contributed by atoms with Crippen LogP contribution < -0.4 is 4.74 Å². The van der Waals surface area contributed by atoms with Gasteiger partial charge in [0, 0.05) is 0 Å². The van der Waals surface area contributed by atoms with Crippen LogP contribution in [0.15, 0.2) is 18.2 Å². The van der Waals surface area contributed by atoms with Crippen molar-refractivity contribution in [2.24, 2.45) is 0 Å². The van der Waals surface area contributed by atoms with Crippen LogP contribution in [0, 0.1) is 0 Å². The molecule has 84 valence electrons. The van der Waals surface area contributed by atoms with Crippen molar-refractivity contribution in [2.45, 2.75) is 25.6 Å². The number of methoxy groups -OCH3 is 1. The number of benzene rings is 1. The summed E-state index contributed by atoms with van der Waals surface area (Å²) in [6, 6.07) is 4.95. The zero-order chi connectivity index (χ0) is 11.4. The topological polar surface area (TPSA) is 49.7 Å². The van der Waals surface area contributed by atoms with Gasteiger partial charge in [-0.25, -0.2) is 0 Å². The van der Waals surface area contributed by atoms with Gasteiger partial charge in [-0.3, -0.25) is 0 Å². The van der Waals surface area contributed by atoms with Gasteiger partial charge in [0.1, 0.15) is 11.9 Å². The number of ether oxygens (including phenoxy) is 1. The van der Waals surface area contributed by atoms with Crippen LogP contribution in [0.4, 0.5) is 0 Å². The highest BCUT2D eigenvalue weighted by molar-refractivity contribution is 6.32. The second-order valence-electron chi connectivity index (χ2n) is 3.31. The van der Waals surface area contributed by atoms with Crippen LogP contribution in [0.1, 0.15) is 25.0 Å². The van der Waals surface area contributed by atoms with Gasteiger partial charge < -0.3 is 14.9 Å². The summed E-state index contributed by atoms with van der Waals surface area (Å²) in [7, 11) is 1.51.